The zero-order valence-corrected chi connectivity index (χ0v) is 11.0. The Morgan fingerprint density at radius 1 is 1.00 bits per heavy atom. The molecule has 0 bridgehead atoms. The van der Waals surface area contributed by atoms with Crippen LogP contribution in [0.3, 0.4) is 0 Å². The fraction of sp³-hybridized carbons (Fsp3) is 0.250. The number of hydrogen-bond donors (Lipinski definition) is 1. The van der Waals surface area contributed by atoms with Crippen molar-refractivity contribution in [1.82, 2.24) is 0 Å². The number of nitrogens with zero attached hydrogens (tertiary/aromatic N) is 1. The molecule has 2 nitrogen and oxygen atoms in total. The molecule has 0 aliphatic rings. The lowest BCUT2D eigenvalue weighted by Crippen LogP contribution is -2.28. The summed E-state index contributed by atoms with van der Waals surface area (Å²) in [5.74, 6) is 0. The van der Waals surface area contributed by atoms with E-state index in [1.807, 2.05) is 18.2 Å². The minimum atomic E-state index is 0.0378. The van der Waals surface area contributed by atoms with Crippen molar-refractivity contribution in [2.45, 2.75) is 13.0 Å². The first kappa shape index (κ1) is 12.7. The summed E-state index contributed by atoms with van der Waals surface area (Å²) in [5, 5.41) is 0. The minimum absolute atomic E-state index is 0.0378. The molecule has 2 heteroatoms. The summed E-state index contributed by atoms with van der Waals surface area (Å²) >= 11 is 0. The molecule has 0 amide bonds. The Bertz CT molecular complexity index is 476. The summed E-state index contributed by atoms with van der Waals surface area (Å²) in [6.45, 7) is 2.90. The summed E-state index contributed by atoms with van der Waals surface area (Å²) in [5.41, 5.74) is 9.89. The molecular formula is C16H20N2. The van der Waals surface area contributed by atoms with Crippen LogP contribution in [0.4, 0.5) is 5.69 Å². The van der Waals surface area contributed by atoms with E-state index in [4.69, 9.17) is 5.73 Å². The average Bonchev–Trinajstić information content (AvgIpc) is 2.40. The SMILES string of the molecule is Cc1ccc(C(N)CN(C)c2ccccc2)cc1. The van der Waals surface area contributed by atoms with Crippen molar-refractivity contribution < 1.29 is 0 Å². The first-order valence-electron chi connectivity index (χ1n) is 6.25. The molecule has 1 atom stereocenters. The van der Waals surface area contributed by atoms with Crippen LogP contribution in [0.5, 0.6) is 0 Å². The van der Waals surface area contributed by atoms with E-state index in [2.05, 4.69) is 55.3 Å². The van der Waals surface area contributed by atoms with Crippen LogP contribution < -0.4 is 10.6 Å². The van der Waals surface area contributed by atoms with E-state index in [1.165, 1.54) is 16.8 Å². The van der Waals surface area contributed by atoms with Crippen LogP contribution in [0.25, 0.3) is 0 Å². The van der Waals surface area contributed by atoms with Crippen molar-refractivity contribution >= 4 is 5.69 Å². The number of aryl methyl sites for hydroxylation is 1. The molecule has 0 fully saturated rings. The van der Waals surface area contributed by atoms with Gasteiger partial charge in [0, 0.05) is 25.3 Å². The molecule has 2 aromatic rings. The van der Waals surface area contributed by atoms with Gasteiger partial charge in [-0.25, -0.2) is 0 Å². The second-order valence-corrected chi connectivity index (χ2v) is 4.73. The van der Waals surface area contributed by atoms with Gasteiger partial charge < -0.3 is 10.6 Å². The number of hydrogen-bond acceptors (Lipinski definition) is 2. The van der Waals surface area contributed by atoms with Crippen molar-refractivity contribution in [3.63, 3.8) is 0 Å². The highest BCUT2D eigenvalue weighted by Gasteiger charge is 2.09. The third-order valence-corrected chi connectivity index (χ3v) is 3.17. The van der Waals surface area contributed by atoms with Gasteiger partial charge in [-0.3, -0.25) is 0 Å². The highest BCUT2D eigenvalue weighted by Crippen LogP contribution is 2.17. The maximum Gasteiger partial charge on any atom is 0.0473 e. The Morgan fingerprint density at radius 2 is 1.61 bits per heavy atom. The van der Waals surface area contributed by atoms with Gasteiger partial charge in [0.05, 0.1) is 0 Å². The van der Waals surface area contributed by atoms with Crippen molar-refractivity contribution in [1.29, 1.82) is 0 Å². The highest BCUT2D eigenvalue weighted by molar-refractivity contribution is 5.45. The first-order valence-corrected chi connectivity index (χ1v) is 6.25. The summed E-state index contributed by atoms with van der Waals surface area (Å²) in [4.78, 5) is 2.19. The molecule has 0 aliphatic carbocycles. The molecular weight excluding hydrogens is 220 g/mol. The van der Waals surface area contributed by atoms with Crippen molar-refractivity contribution in [3.05, 3.63) is 65.7 Å². The predicted molar refractivity (Wildman–Crippen MR) is 77.8 cm³/mol. The van der Waals surface area contributed by atoms with E-state index in [9.17, 15) is 0 Å². The van der Waals surface area contributed by atoms with Gasteiger partial charge >= 0.3 is 0 Å². The van der Waals surface area contributed by atoms with Gasteiger partial charge in [-0.1, -0.05) is 48.0 Å². The highest BCUT2D eigenvalue weighted by atomic mass is 15.1. The molecule has 0 spiro atoms. The third kappa shape index (κ3) is 3.11. The van der Waals surface area contributed by atoms with Crippen molar-refractivity contribution in [3.8, 4) is 0 Å². The quantitative estimate of drug-likeness (QED) is 0.889. The molecule has 0 saturated carbocycles. The van der Waals surface area contributed by atoms with E-state index < -0.39 is 0 Å². The predicted octanol–water partition coefficient (Wildman–Crippen LogP) is 3.13. The molecule has 2 rings (SSSR count). The maximum absolute atomic E-state index is 6.24. The van der Waals surface area contributed by atoms with Crippen LogP contribution in [0.2, 0.25) is 0 Å². The summed E-state index contributed by atoms with van der Waals surface area (Å²) < 4.78 is 0. The van der Waals surface area contributed by atoms with Gasteiger partial charge in [-0.05, 0) is 24.6 Å². The van der Waals surface area contributed by atoms with Gasteiger partial charge in [0.1, 0.15) is 0 Å². The molecule has 1 unspecified atom stereocenters. The fourth-order valence-electron chi connectivity index (χ4n) is 2.00. The normalized spacial score (nSPS) is 12.2. The summed E-state index contributed by atoms with van der Waals surface area (Å²) in [7, 11) is 2.07. The number of anilines is 1. The lowest BCUT2D eigenvalue weighted by atomic mass is 10.1. The molecule has 2 N–H and O–H groups in total. The Kier molecular flexibility index (Phi) is 4.00. The van der Waals surface area contributed by atoms with Crippen LogP contribution in [0, 0.1) is 6.92 Å². The van der Waals surface area contributed by atoms with Crippen LogP contribution in [0.1, 0.15) is 17.2 Å². The monoisotopic (exact) mass is 240 g/mol. The Hall–Kier alpha value is -1.80. The van der Waals surface area contributed by atoms with E-state index in [0.29, 0.717) is 0 Å². The zero-order valence-electron chi connectivity index (χ0n) is 11.0. The Labute approximate surface area is 109 Å². The molecule has 2 aromatic carbocycles. The largest absolute Gasteiger partial charge is 0.373 e. The van der Waals surface area contributed by atoms with Crippen LogP contribution in [-0.4, -0.2) is 13.6 Å². The lowest BCUT2D eigenvalue weighted by Gasteiger charge is -2.23. The van der Waals surface area contributed by atoms with E-state index in [1.54, 1.807) is 0 Å². The van der Waals surface area contributed by atoms with Gasteiger partial charge in [-0.2, -0.15) is 0 Å². The van der Waals surface area contributed by atoms with Crippen LogP contribution in [-0.2, 0) is 0 Å². The second-order valence-electron chi connectivity index (χ2n) is 4.73. The van der Waals surface area contributed by atoms with Gasteiger partial charge in [0.15, 0.2) is 0 Å². The number of likely N-dealkylation sites (N-methyl/N-ethyl adjacent to an activating group) is 1. The average molecular weight is 240 g/mol. The van der Waals surface area contributed by atoms with E-state index >= 15 is 0 Å². The number of para-hydroxylation sites is 1. The second kappa shape index (κ2) is 5.69. The van der Waals surface area contributed by atoms with Crippen LogP contribution >= 0.6 is 0 Å². The number of rotatable bonds is 4. The molecule has 18 heavy (non-hydrogen) atoms. The number of nitrogens with two attached hydrogens (primary N) is 1. The molecule has 0 radical (unpaired) electrons. The maximum atomic E-state index is 6.24. The molecule has 0 saturated heterocycles. The van der Waals surface area contributed by atoms with Crippen molar-refractivity contribution in [2.75, 3.05) is 18.5 Å². The standard InChI is InChI=1S/C16H20N2/c1-13-8-10-14(11-9-13)16(17)12-18(2)15-6-4-3-5-7-15/h3-11,16H,12,17H2,1-2H3. The number of benzene rings is 2. The fourth-order valence-corrected chi connectivity index (χ4v) is 2.00. The van der Waals surface area contributed by atoms with Crippen LogP contribution in [0.15, 0.2) is 54.6 Å². The molecule has 0 aromatic heterocycles. The lowest BCUT2D eigenvalue weighted by molar-refractivity contribution is 0.703. The molecule has 94 valence electrons. The first-order chi connectivity index (χ1) is 8.66. The summed E-state index contributed by atoms with van der Waals surface area (Å²) in [6.07, 6.45) is 0. The minimum Gasteiger partial charge on any atom is -0.373 e. The smallest absolute Gasteiger partial charge is 0.0473 e. The Morgan fingerprint density at radius 3 is 2.22 bits per heavy atom. The molecule has 0 aliphatic heterocycles. The van der Waals surface area contributed by atoms with Crippen molar-refractivity contribution in [2.24, 2.45) is 5.73 Å². The van der Waals surface area contributed by atoms with E-state index in [-0.39, 0.29) is 6.04 Å². The van der Waals surface area contributed by atoms with Gasteiger partial charge in [-0.15, -0.1) is 0 Å². The zero-order chi connectivity index (χ0) is 13.0. The molecule has 0 heterocycles. The topological polar surface area (TPSA) is 29.3 Å². The van der Waals surface area contributed by atoms with Gasteiger partial charge in [0.2, 0.25) is 0 Å². The third-order valence-electron chi connectivity index (χ3n) is 3.17. The Balaban J connectivity index is 2.03. The summed E-state index contributed by atoms with van der Waals surface area (Å²) in [6, 6.07) is 18.8. The van der Waals surface area contributed by atoms with E-state index in [0.717, 1.165) is 6.54 Å². The van der Waals surface area contributed by atoms with Gasteiger partial charge in [0.25, 0.3) is 0 Å².